The fourth-order valence-electron chi connectivity index (χ4n) is 2.36. The summed E-state index contributed by atoms with van der Waals surface area (Å²) in [5, 5.41) is 2.76. The molecule has 0 fully saturated rings. The molecule has 4 nitrogen and oxygen atoms in total. The SMILES string of the molecule is CCCCCCCCCOc1ccc(C(=O)NCCS(C)=O)cc1. The van der Waals surface area contributed by atoms with Gasteiger partial charge in [0, 0.05) is 34.9 Å². The van der Waals surface area contributed by atoms with Gasteiger partial charge < -0.3 is 10.1 Å². The summed E-state index contributed by atoms with van der Waals surface area (Å²) in [6, 6.07) is 7.18. The molecular weight excluding hydrogens is 322 g/mol. The summed E-state index contributed by atoms with van der Waals surface area (Å²) in [6.45, 7) is 3.39. The van der Waals surface area contributed by atoms with Crippen LogP contribution in [0.3, 0.4) is 0 Å². The molecule has 1 atom stereocenters. The topological polar surface area (TPSA) is 55.4 Å². The highest BCUT2D eigenvalue weighted by molar-refractivity contribution is 7.84. The molecule has 0 heterocycles. The van der Waals surface area contributed by atoms with Crippen LogP contribution in [0.1, 0.15) is 62.2 Å². The minimum absolute atomic E-state index is 0.140. The van der Waals surface area contributed by atoms with Gasteiger partial charge >= 0.3 is 0 Å². The van der Waals surface area contributed by atoms with Gasteiger partial charge in [-0.05, 0) is 30.7 Å². The van der Waals surface area contributed by atoms with Crippen LogP contribution in [-0.2, 0) is 10.8 Å². The monoisotopic (exact) mass is 353 g/mol. The van der Waals surface area contributed by atoms with Gasteiger partial charge in [-0.3, -0.25) is 9.00 Å². The number of carbonyl (C=O) groups excluding carboxylic acids is 1. The summed E-state index contributed by atoms with van der Waals surface area (Å²) in [5.41, 5.74) is 0.597. The number of ether oxygens (including phenoxy) is 1. The number of unbranched alkanes of at least 4 members (excludes halogenated alkanes) is 6. The summed E-state index contributed by atoms with van der Waals surface area (Å²) in [6.07, 6.45) is 10.5. The van der Waals surface area contributed by atoms with Crippen molar-refractivity contribution in [2.75, 3.05) is 25.2 Å². The third kappa shape index (κ3) is 9.71. The van der Waals surface area contributed by atoms with E-state index in [0.717, 1.165) is 18.8 Å². The zero-order chi connectivity index (χ0) is 17.6. The molecule has 1 aromatic carbocycles. The van der Waals surface area contributed by atoms with E-state index in [-0.39, 0.29) is 5.91 Å². The highest BCUT2D eigenvalue weighted by atomic mass is 32.2. The van der Waals surface area contributed by atoms with Gasteiger partial charge in [0.1, 0.15) is 5.75 Å². The second-order valence-corrected chi connectivity index (χ2v) is 7.58. The van der Waals surface area contributed by atoms with Gasteiger partial charge in [0.25, 0.3) is 5.91 Å². The zero-order valence-corrected chi connectivity index (χ0v) is 15.8. The van der Waals surface area contributed by atoms with Crippen molar-refractivity contribution < 1.29 is 13.7 Å². The number of rotatable bonds is 13. The summed E-state index contributed by atoms with van der Waals surface area (Å²) < 4.78 is 16.7. The number of hydrogen-bond donors (Lipinski definition) is 1. The first-order chi connectivity index (χ1) is 11.6. The van der Waals surface area contributed by atoms with Gasteiger partial charge in [-0.1, -0.05) is 45.4 Å². The van der Waals surface area contributed by atoms with E-state index in [4.69, 9.17) is 4.74 Å². The number of hydrogen-bond acceptors (Lipinski definition) is 3. The first-order valence-electron chi connectivity index (χ1n) is 8.94. The molecule has 0 spiro atoms. The maximum atomic E-state index is 11.9. The fraction of sp³-hybridized carbons (Fsp3) is 0.632. The van der Waals surface area contributed by atoms with E-state index in [9.17, 15) is 9.00 Å². The van der Waals surface area contributed by atoms with Crippen LogP contribution in [-0.4, -0.2) is 35.3 Å². The van der Waals surface area contributed by atoms with E-state index in [1.54, 1.807) is 18.4 Å². The smallest absolute Gasteiger partial charge is 0.251 e. The Morgan fingerprint density at radius 1 is 1.04 bits per heavy atom. The van der Waals surface area contributed by atoms with Crippen molar-refractivity contribution >= 4 is 16.7 Å². The number of carbonyl (C=O) groups is 1. The molecule has 0 radical (unpaired) electrons. The van der Waals surface area contributed by atoms with Crippen LogP contribution in [0.25, 0.3) is 0 Å². The number of amides is 1. The Hall–Kier alpha value is -1.36. The van der Waals surface area contributed by atoms with Crippen LogP contribution in [0.15, 0.2) is 24.3 Å². The zero-order valence-electron chi connectivity index (χ0n) is 15.0. The highest BCUT2D eigenvalue weighted by Crippen LogP contribution is 2.13. The largest absolute Gasteiger partial charge is 0.494 e. The molecule has 5 heteroatoms. The fourth-order valence-corrected chi connectivity index (χ4v) is 2.75. The van der Waals surface area contributed by atoms with E-state index in [1.807, 2.05) is 12.1 Å². The highest BCUT2D eigenvalue weighted by Gasteiger charge is 2.05. The minimum atomic E-state index is -0.885. The van der Waals surface area contributed by atoms with Crippen molar-refractivity contribution in [3.8, 4) is 5.75 Å². The lowest BCUT2D eigenvalue weighted by Crippen LogP contribution is -2.27. The molecule has 1 N–H and O–H groups in total. The molecule has 0 aliphatic rings. The lowest BCUT2D eigenvalue weighted by Gasteiger charge is -2.08. The van der Waals surface area contributed by atoms with Gasteiger partial charge in [0.2, 0.25) is 0 Å². The lowest BCUT2D eigenvalue weighted by atomic mass is 10.1. The van der Waals surface area contributed by atoms with Crippen LogP contribution in [0.5, 0.6) is 5.75 Å². The predicted molar refractivity (Wildman–Crippen MR) is 101 cm³/mol. The molecule has 0 aliphatic heterocycles. The molecule has 1 amide bonds. The molecule has 136 valence electrons. The maximum absolute atomic E-state index is 11.9. The van der Waals surface area contributed by atoms with E-state index in [0.29, 0.717) is 17.9 Å². The van der Waals surface area contributed by atoms with Gasteiger partial charge in [0.05, 0.1) is 6.61 Å². The van der Waals surface area contributed by atoms with Crippen LogP contribution in [0, 0.1) is 0 Å². The molecule has 24 heavy (non-hydrogen) atoms. The van der Waals surface area contributed by atoms with Crippen molar-refractivity contribution in [2.24, 2.45) is 0 Å². The van der Waals surface area contributed by atoms with Gasteiger partial charge in [-0.25, -0.2) is 0 Å². The summed E-state index contributed by atoms with van der Waals surface area (Å²) in [4.78, 5) is 11.9. The van der Waals surface area contributed by atoms with Crippen molar-refractivity contribution in [3.63, 3.8) is 0 Å². The van der Waals surface area contributed by atoms with Crippen LogP contribution in [0.4, 0.5) is 0 Å². The first-order valence-corrected chi connectivity index (χ1v) is 10.7. The molecule has 0 saturated carbocycles. The predicted octanol–water partition coefficient (Wildman–Crippen LogP) is 3.92. The van der Waals surface area contributed by atoms with Gasteiger partial charge in [-0.15, -0.1) is 0 Å². The summed E-state index contributed by atoms with van der Waals surface area (Å²) in [5.74, 6) is 1.14. The van der Waals surface area contributed by atoms with E-state index >= 15 is 0 Å². The maximum Gasteiger partial charge on any atom is 0.251 e. The average molecular weight is 354 g/mol. The van der Waals surface area contributed by atoms with E-state index < -0.39 is 10.8 Å². The van der Waals surface area contributed by atoms with Gasteiger partial charge in [-0.2, -0.15) is 0 Å². The second kappa shape index (κ2) is 13.0. The normalized spacial score (nSPS) is 11.9. The van der Waals surface area contributed by atoms with Crippen molar-refractivity contribution in [3.05, 3.63) is 29.8 Å². The van der Waals surface area contributed by atoms with Gasteiger partial charge in [0.15, 0.2) is 0 Å². The molecular formula is C19H31NO3S. The van der Waals surface area contributed by atoms with Crippen molar-refractivity contribution in [2.45, 2.75) is 51.9 Å². The second-order valence-electron chi connectivity index (χ2n) is 6.03. The Labute approximate surface area is 148 Å². The Morgan fingerprint density at radius 3 is 2.29 bits per heavy atom. The van der Waals surface area contributed by atoms with Crippen molar-refractivity contribution in [1.82, 2.24) is 5.32 Å². The van der Waals surface area contributed by atoms with E-state index in [2.05, 4.69) is 12.2 Å². The Bertz CT molecular complexity index is 488. The summed E-state index contributed by atoms with van der Waals surface area (Å²) in [7, 11) is -0.885. The lowest BCUT2D eigenvalue weighted by molar-refractivity contribution is 0.0956. The molecule has 0 aromatic heterocycles. The first kappa shape index (κ1) is 20.7. The standard InChI is InChI=1S/C19H31NO3S/c1-3-4-5-6-7-8-9-15-23-18-12-10-17(11-13-18)19(21)20-14-16-24(2)22/h10-13H,3-9,14-16H2,1-2H3,(H,20,21). The molecule has 0 bridgehead atoms. The third-order valence-corrected chi connectivity index (χ3v) is 4.59. The Morgan fingerprint density at radius 2 is 1.67 bits per heavy atom. The number of benzene rings is 1. The van der Waals surface area contributed by atoms with Crippen molar-refractivity contribution in [1.29, 1.82) is 0 Å². The minimum Gasteiger partial charge on any atom is -0.494 e. The Kier molecular flexibility index (Phi) is 11.2. The quantitative estimate of drug-likeness (QED) is 0.547. The average Bonchev–Trinajstić information content (AvgIpc) is 2.57. The third-order valence-electron chi connectivity index (χ3n) is 3.81. The molecule has 0 saturated heterocycles. The molecule has 0 aliphatic carbocycles. The molecule has 1 rings (SSSR count). The number of nitrogens with one attached hydrogen (secondary N) is 1. The van der Waals surface area contributed by atoms with Crippen LogP contribution < -0.4 is 10.1 Å². The van der Waals surface area contributed by atoms with Crippen LogP contribution in [0.2, 0.25) is 0 Å². The molecule has 1 aromatic rings. The summed E-state index contributed by atoms with van der Waals surface area (Å²) >= 11 is 0. The Balaban J connectivity index is 2.17. The van der Waals surface area contributed by atoms with Crippen LogP contribution >= 0.6 is 0 Å². The molecule has 1 unspecified atom stereocenters. The van der Waals surface area contributed by atoms with E-state index in [1.165, 1.54) is 38.5 Å².